The largest absolute Gasteiger partial charge is 0.378 e. The Bertz CT molecular complexity index is 783. The summed E-state index contributed by atoms with van der Waals surface area (Å²) in [6, 6.07) is 10.2. The molecule has 3 heterocycles. The fourth-order valence-electron chi connectivity index (χ4n) is 3.86. The molecule has 0 bridgehead atoms. The maximum Gasteiger partial charge on any atom is 0.243 e. The average molecular weight is 399 g/mol. The van der Waals surface area contributed by atoms with Crippen molar-refractivity contribution in [2.45, 2.75) is 19.4 Å². The number of piperazine rings is 1. The summed E-state index contributed by atoms with van der Waals surface area (Å²) in [5, 5.41) is 4.15. The molecule has 8 nitrogen and oxygen atoms in total. The first-order chi connectivity index (χ1) is 14.2. The van der Waals surface area contributed by atoms with Gasteiger partial charge in [0.1, 0.15) is 0 Å². The van der Waals surface area contributed by atoms with E-state index in [1.54, 1.807) is 0 Å². The standard InChI is InChI=1S/C21H29N5O3/c1-17(21-22-19(23-29-21)15-18-5-3-2-4-6-18)25-9-7-24(8-10-25)16-20(27)26-11-13-28-14-12-26/h2-6,17H,7-16H2,1H3. The van der Waals surface area contributed by atoms with Crippen molar-refractivity contribution in [2.24, 2.45) is 0 Å². The fraction of sp³-hybridized carbons (Fsp3) is 0.571. The minimum absolute atomic E-state index is 0.0733. The van der Waals surface area contributed by atoms with Crippen LogP contribution in [-0.4, -0.2) is 89.8 Å². The molecule has 2 fully saturated rings. The number of carbonyl (C=O) groups is 1. The summed E-state index contributed by atoms with van der Waals surface area (Å²) >= 11 is 0. The summed E-state index contributed by atoms with van der Waals surface area (Å²) in [7, 11) is 0. The first-order valence-corrected chi connectivity index (χ1v) is 10.4. The van der Waals surface area contributed by atoms with Crippen LogP contribution in [-0.2, 0) is 16.0 Å². The lowest BCUT2D eigenvalue weighted by Gasteiger charge is -2.37. The molecule has 2 saturated heterocycles. The Kier molecular flexibility index (Phi) is 6.53. The van der Waals surface area contributed by atoms with E-state index in [1.165, 1.54) is 5.56 Å². The van der Waals surface area contributed by atoms with Gasteiger partial charge in [0.2, 0.25) is 11.8 Å². The molecule has 1 amide bonds. The minimum Gasteiger partial charge on any atom is -0.378 e. The second-order valence-corrected chi connectivity index (χ2v) is 7.69. The Balaban J connectivity index is 1.25. The van der Waals surface area contributed by atoms with E-state index >= 15 is 0 Å². The van der Waals surface area contributed by atoms with Crippen LogP contribution in [0.3, 0.4) is 0 Å². The second-order valence-electron chi connectivity index (χ2n) is 7.69. The van der Waals surface area contributed by atoms with Crippen molar-refractivity contribution in [3.8, 4) is 0 Å². The zero-order valence-corrected chi connectivity index (χ0v) is 17.0. The highest BCUT2D eigenvalue weighted by atomic mass is 16.5. The van der Waals surface area contributed by atoms with Crippen molar-refractivity contribution in [3.05, 3.63) is 47.6 Å². The second kappa shape index (κ2) is 9.47. The molecule has 0 spiro atoms. The van der Waals surface area contributed by atoms with Gasteiger partial charge in [-0.2, -0.15) is 4.98 Å². The Hall–Kier alpha value is -2.29. The summed E-state index contributed by atoms with van der Waals surface area (Å²) in [6.07, 6.45) is 0.675. The minimum atomic E-state index is 0.0733. The third-order valence-corrected chi connectivity index (χ3v) is 5.72. The summed E-state index contributed by atoms with van der Waals surface area (Å²) < 4.78 is 10.9. The molecule has 1 aromatic heterocycles. The van der Waals surface area contributed by atoms with Crippen LogP contribution in [0.2, 0.25) is 0 Å². The normalized spacial score (nSPS) is 20.0. The van der Waals surface area contributed by atoms with Gasteiger partial charge in [0.15, 0.2) is 5.82 Å². The van der Waals surface area contributed by atoms with Crippen LogP contribution >= 0.6 is 0 Å². The highest BCUT2D eigenvalue weighted by molar-refractivity contribution is 5.78. The van der Waals surface area contributed by atoms with Crippen molar-refractivity contribution in [3.63, 3.8) is 0 Å². The highest BCUT2D eigenvalue weighted by Crippen LogP contribution is 2.21. The molecule has 1 unspecified atom stereocenters. The molecule has 156 valence electrons. The quantitative estimate of drug-likeness (QED) is 0.722. The van der Waals surface area contributed by atoms with Crippen LogP contribution in [0, 0.1) is 0 Å². The molecule has 0 N–H and O–H groups in total. The van der Waals surface area contributed by atoms with Crippen molar-refractivity contribution in [1.29, 1.82) is 0 Å². The van der Waals surface area contributed by atoms with Crippen LogP contribution in [0.25, 0.3) is 0 Å². The van der Waals surface area contributed by atoms with Gasteiger partial charge in [-0.15, -0.1) is 0 Å². The number of carbonyl (C=O) groups excluding carboxylic acids is 1. The number of benzene rings is 1. The monoisotopic (exact) mass is 399 g/mol. The van der Waals surface area contributed by atoms with Crippen LogP contribution in [0.5, 0.6) is 0 Å². The smallest absolute Gasteiger partial charge is 0.243 e. The number of hydrogen-bond acceptors (Lipinski definition) is 7. The number of morpholine rings is 1. The number of amides is 1. The molecule has 4 rings (SSSR count). The molecule has 8 heteroatoms. The number of aromatic nitrogens is 2. The van der Waals surface area contributed by atoms with Gasteiger partial charge >= 0.3 is 0 Å². The van der Waals surface area contributed by atoms with E-state index in [0.29, 0.717) is 51.0 Å². The van der Waals surface area contributed by atoms with Gasteiger partial charge in [0.25, 0.3) is 0 Å². The predicted molar refractivity (Wildman–Crippen MR) is 107 cm³/mol. The van der Waals surface area contributed by atoms with Crippen molar-refractivity contribution >= 4 is 5.91 Å². The van der Waals surface area contributed by atoms with E-state index in [9.17, 15) is 4.79 Å². The van der Waals surface area contributed by atoms with E-state index in [2.05, 4.69) is 39.0 Å². The van der Waals surface area contributed by atoms with Crippen molar-refractivity contribution < 1.29 is 14.1 Å². The third kappa shape index (κ3) is 5.20. The first kappa shape index (κ1) is 20.0. The van der Waals surface area contributed by atoms with E-state index in [0.717, 1.165) is 26.2 Å². The van der Waals surface area contributed by atoms with Crippen LogP contribution < -0.4 is 0 Å². The van der Waals surface area contributed by atoms with E-state index < -0.39 is 0 Å². The Labute approximate surface area is 171 Å². The number of rotatable bonds is 6. The maximum atomic E-state index is 12.4. The Morgan fingerprint density at radius 2 is 1.79 bits per heavy atom. The lowest BCUT2D eigenvalue weighted by molar-refractivity contribution is -0.137. The van der Waals surface area contributed by atoms with Crippen molar-refractivity contribution in [2.75, 3.05) is 59.0 Å². The molecule has 1 aromatic carbocycles. The molecular weight excluding hydrogens is 370 g/mol. The van der Waals surface area contributed by atoms with Gasteiger partial charge in [-0.3, -0.25) is 14.6 Å². The molecule has 0 aliphatic carbocycles. The molecule has 2 aliphatic rings. The summed E-state index contributed by atoms with van der Waals surface area (Å²) in [5.41, 5.74) is 1.17. The predicted octanol–water partition coefficient (Wildman–Crippen LogP) is 1.20. The number of nitrogens with zero attached hydrogens (tertiary/aromatic N) is 5. The van der Waals surface area contributed by atoms with Gasteiger partial charge in [-0.1, -0.05) is 35.5 Å². The summed E-state index contributed by atoms with van der Waals surface area (Å²) in [4.78, 5) is 23.5. The Morgan fingerprint density at radius 3 is 2.52 bits per heavy atom. The summed E-state index contributed by atoms with van der Waals surface area (Å²) in [6.45, 7) is 8.80. The number of ether oxygens (including phenoxy) is 1. The Morgan fingerprint density at radius 1 is 1.07 bits per heavy atom. The van der Waals surface area contributed by atoms with Crippen LogP contribution in [0.4, 0.5) is 0 Å². The molecule has 1 atom stereocenters. The average Bonchev–Trinajstić information content (AvgIpc) is 3.23. The lowest BCUT2D eigenvalue weighted by atomic mass is 10.1. The molecule has 0 saturated carbocycles. The summed E-state index contributed by atoms with van der Waals surface area (Å²) in [5.74, 6) is 1.58. The topological polar surface area (TPSA) is 74.9 Å². The van der Waals surface area contributed by atoms with E-state index in [4.69, 9.17) is 9.26 Å². The fourth-order valence-corrected chi connectivity index (χ4v) is 3.86. The van der Waals surface area contributed by atoms with Crippen molar-refractivity contribution in [1.82, 2.24) is 24.8 Å². The SMILES string of the molecule is CC(c1nc(Cc2ccccc2)no1)N1CCN(CC(=O)N2CCOCC2)CC1. The van der Waals surface area contributed by atoms with E-state index in [-0.39, 0.29) is 11.9 Å². The van der Waals surface area contributed by atoms with Crippen LogP contribution in [0.15, 0.2) is 34.9 Å². The molecule has 29 heavy (non-hydrogen) atoms. The molecule has 2 aromatic rings. The van der Waals surface area contributed by atoms with Gasteiger partial charge in [0.05, 0.1) is 25.8 Å². The highest BCUT2D eigenvalue weighted by Gasteiger charge is 2.27. The zero-order valence-electron chi connectivity index (χ0n) is 17.0. The number of hydrogen-bond donors (Lipinski definition) is 0. The van der Waals surface area contributed by atoms with E-state index in [1.807, 2.05) is 23.1 Å². The van der Waals surface area contributed by atoms with Crippen LogP contribution in [0.1, 0.15) is 30.2 Å². The van der Waals surface area contributed by atoms with Gasteiger partial charge in [-0.25, -0.2) is 0 Å². The lowest BCUT2D eigenvalue weighted by Crippen LogP contribution is -2.51. The maximum absolute atomic E-state index is 12.4. The molecule has 0 radical (unpaired) electrons. The van der Waals surface area contributed by atoms with Gasteiger partial charge < -0.3 is 14.2 Å². The third-order valence-electron chi connectivity index (χ3n) is 5.72. The van der Waals surface area contributed by atoms with Gasteiger partial charge in [0, 0.05) is 45.7 Å². The molecular formula is C21H29N5O3. The molecule has 2 aliphatic heterocycles. The van der Waals surface area contributed by atoms with Gasteiger partial charge in [-0.05, 0) is 12.5 Å². The zero-order chi connectivity index (χ0) is 20.1. The first-order valence-electron chi connectivity index (χ1n) is 10.4.